The van der Waals surface area contributed by atoms with E-state index in [4.69, 9.17) is 19.2 Å². The van der Waals surface area contributed by atoms with Crippen LogP contribution in [0.25, 0.3) is 43.6 Å². The van der Waals surface area contributed by atoms with Crippen molar-refractivity contribution in [3.05, 3.63) is 209 Å². The van der Waals surface area contributed by atoms with Crippen molar-refractivity contribution in [3.63, 3.8) is 0 Å². The molecule has 0 saturated heterocycles. The van der Waals surface area contributed by atoms with Crippen molar-refractivity contribution >= 4 is 55.4 Å². The van der Waals surface area contributed by atoms with Crippen molar-refractivity contribution in [3.8, 4) is 28.7 Å². The molecule has 0 fully saturated rings. The molecule has 0 radical (unpaired) electrons. The summed E-state index contributed by atoms with van der Waals surface area (Å²) in [5.74, 6) is 2.79. The molecular formula is C57H46N6O5. The molecule has 4 heterocycles. The highest BCUT2D eigenvalue weighted by atomic mass is 16.5. The van der Waals surface area contributed by atoms with Crippen molar-refractivity contribution in [1.29, 1.82) is 0 Å². The number of carbonyl (C=O) groups excluding carboxylic acids is 2. The number of nitrogens with zero attached hydrogens (tertiary/aromatic N) is 4. The maximum Gasteiger partial charge on any atom is 0.251 e. The number of para-hydroxylation sites is 2. The molecule has 0 bridgehead atoms. The van der Waals surface area contributed by atoms with Gasteiger partial charge < -0.3 is 24.8 Å². The molecule has 0 spiro atoms. The van der Waals surface area contributed by atoms with Crippen LogP contribution in [0, 0.1) is 6.92 Å². The number of benzene rings is 6. The predicted molar refractivity (Wildman–Crippen MR) is 266 cm³/mol. The van der Waals surface area contributed by atoms with E-state index >= 15 is 0 Å². The number of fused-ring (bicyclic) bond motifs is 4. The summed E-state index contributed by atoms with van der Waals surface area (Å²) >= 11 is 0. The summed E-state index contributed by atoms with van der Waals surface area (Å²) < 4.78 is 18.0. The van der Waals surface area contributed by atoms with Gasteiger partial charge in [0.15, 0.2) is 0 Å². The average Bonchev–Trinajstić information content (AvgIpc) is 3.37. The highest BCUT2D eigenvalue weighted by Crippen LogP contribution is 2.34. The van der Waals surface area contributed by atoms with Gasteiger partial charge in [-0.2, -0.15) is 0 Å². The zero-order valence-electron chi connectivity index (χ0n) is 37.7. The van der Waals surface area contributed by atoms with Gasteiger partial charge in [0.2, 0.25) is 0 Å². The van der Waals surface area contributed by atoms with Gasteiger partial charge in [0.25, 0.3) is 11.8 Å². The van der Waals surface area contributed by atoms with E-state index in [0.717, 1.165) is 71.6 Å². The van der Waals surface area contributed by atoms with Gasteiger partial charge >= 0.3 is 0 Å². The number of hydrogen-bond donors (Lipinski definition) is 2. The molecule has 334 valence electrons. The Bertz CT molecular complexity index is 3540. The fraction of sp³-hybridized carbons (Fsp3) is 0.123. The first-order valence-corrected chi connectivity index (χ1v) is 22.4. The van der Waals surface area contributed by atoms with Crippen LogP contribution in [-0.4, -0.2) is 38.9 Å². The number of nitrogens with one attached hydrogen (secondary N) is 2. The monoisotopic (exact) mass is 894 g/mol. The summed E-state index contributed by atoms with van der Waals surface area (Å²) in [7, 11) is 1.62. The smallest absolute Gasteiger partial charge is 0.251 e. The van der Waals surface area contributed by atoms with Crippen LogP contribution in [0.4, 0.5) is 0 Å². The lowest BCUT2D eigenvalue weighted by Gasteiger charge is -2.17. The second kappa shape index (κ2) is 19.0. The molecule has 0 aliphatic rings. The van der Waals surface area contributed by atoms with E-state index in [-0.39, 0.29) is 17.7 Å². The van der Waals surface area contributed by atoms with E-state index in [1.165, 1.54) is 0 Å². The van der Waals surface area contributed by atoms with Crippen molar-refractivity contribution in [2.24, 2.45) is 0 Å². The molecule has 0 aliphatic heterocycles. The Kier molecular flexibility index (Phi) is 12.1. The van der Waals surface area contributed by atoms with Crippen LogP contribution >= 0.6 is 0 Å². The molecule has 1 unspecified atom stereocenters. The number of methoxy groups -OCH3 is 1. The first-order chi connectivity index (χ1) is 33.3. The molecule has 1 atom stereocenters. The molecule has 10 rings (SSSR count). The van der Waals surface area contributed by atoms with Crippen LogP contribution in [0.5, 0.6) is 28.7 Å². The van der Waals surface area contributed by atoms with Crippen LogP contribution in [0.15, 0.2) is 170 Å². The van der Waals surface area contributed by atoms with Gasteiger partial charge in [-0.05, 0) is 133 Å². The molecular weight excluding hydrogens is 849 g/mol. The number of aromatic nitrogens is 4. The van der Waals surface area contributed by atoms with E-state index < -0.39 is 0 Å². The van der Waals surface area contributed by atoms with Crippen LogP contribution < -0.4 is 24.8 Å². The summed E-state index contributed by atoms with van der Waals surface area (Å²) in [6.07, 6.45) is 5.90. The Balaban J connectivity index is 0.827. The van der Waals surface area contributed by atoms with E-state index in [9.17, 15) is 9.59 Å². The van der Waals surface area contributed by atoms with Gasteiger partial charge in [0.05, 0.1) is 29.2 Å². The van der Waals surface area contributed by atoms with Crippen LogP contribution in [0.1, 0.15) is 61.5 Å². The number of pyridine rings is 4. The third kappa shape index (κ3) is 9.10. The molecule has 2 N–H and O–H groups in total. The summed E-state index contributed by atoms with van der Waals surface area (Å²) in [5, 5.41) is 9.98. The summed E-state index contributed by atoms with van der Waals surface area (Å²) in [5.41, 5.74) is 8.99. The Hall–Kier alpha value is -8.70. The van der Waals surface area contributed by atoms with Crippen LogP contribution in [-0.2, 0) is 19.5 Å². The van der Waals surface area contributed by atoms with Gasteiger partial charge in [0.1, 0.15) is 28.7 Å². The predicted octanol–water partition coefficient (Wildman–Crippen LogP) is 12.0. The summed E-state index contributed by atoms with van der Waals surface area (Å²) in [6.45, 7) is 4.71. The minimum absolute atomic E-state index is 0.0617. The number of amides is 2. The van der Waals surface area contributed by atoms with E-state index in [0.29, 0.717) is 59.4 Å². The van der Waals surface area contributed by atoms with Crippen molar-refractivity contribution in [2.75, 3.05) is 7.11 Å². The first-order valence-electron chi connectivity index (χ1n) is 22.4. The minimum atomic E-state index is -0.210. The average molecular weight is 895 g/mol. The summed E-state index contributed by atoms with van der Waals surface area (Å²) in [6, 6.07) is 48.0. The lowest BCUT2D eigenvalue weighted by atomic mass is 9.91. The second-order valence-corrected chi connectivity index (χ2v) is 16.7. The Morgan fingerprint density at radius 2 is 1.26 bits per heavy atom. The SMILES string of the molecule is COc1ccc2c(Oc3cccc(C(=O)NCc4cc(CC(C)c5ccnc6ccc(CNC(=O)c7cccc(Oc8ccnc9ccccc89)c7)cc56)nc5ccccc45)c3C)ccnc2c1. The molecule has 11 nitrogen and oxygen atoms in total. The lowest BCUT2D eigenvalue weighted by molar-refractivity contribution is 0.0942. The fourth-order valence-electron chi connectivity index (χ4n) is 8.69. The van der Waals surface area contributed by atoms with Gasteiger partial charge in [-0.25, -0.2) is 0 Å². The zero-order chi connectivity index (χ0) is 46.6. The quantitative estimate of drug-likeness (QED) is 0.109. The normalized spacial score (nSPS) is 11.7. The lowest BCUT2D eigenvalue weighted by Crippen LogP contribution is -2.24. The van der Waals surface area contributed by atoms with Crippen molar-refractivity contribution < 1.29 is 23.8 Å². The fourth-order valence-corrected chi connectivity index (χ4v) is 8.69. The minimum Gasteiger partial charge on any atom is -0.497 e. The van der Waals surface area contributed by atoms with Gasteiger partial charge in [0, 0.05) is 81.7 Å². The maximum absolute atomic E-state index is 13.9. The molecule has 11 heteroatoms. The molecule has 6 aromatic carbocycles. The highest BCUT2D eigenvalue weighted by molar-refractivity contribution is 5.97. The Morgan fingerprint density at radius 1 is 0.559 bits per heavy atom. The largest absolute Gasteiger partial charge is 0.497 e. The second-order valence-electron chi connectivity index (χ2n) is 16.7. The number of rotatable bonds is 14. The van der Waals surface area contributed by atoms with E-state index in [2.05, 4.69) is 50.7 Å². The molecule has 0 aliphatic carbocycles. The van der Waals surface area contributed by atoms with Gasteiger partial charge in [-0.15, -0.1) is 0 Å². The molecule has 68 heavy (non-hydrogen) atoms. The topological polar surface area (TPSA) is 137 Å². The van der Waals surface area contributed by atoms with Gasteiger partial charge in [-0.3, -0.25) is 29.5 Å². The highest BCUT2D eigenvalue weighted by Gasteiger charge is 2.18. The zero-order valence-corrected chi connectivity index (χ0v) is 37.7. The number of carbonyl (C=O) groups is 2. The van der Waals surface area contributed by atoms with Crippen molar-refractivity contribution in [2.45, 2.75) is 39.3 Å². The molecule has 0 saturated carbocycles. The molecule has 4 aromatic heterocycles. The summed E-state index contributed by atoms with van der Waals surface area (Å²) in [4.78, 5) is 46.0. The van der Waals surface area contributed by atoms with Crippen LogP contribution in [0.3, 0.4) is 0 Å². The van der Waals surface area contributed by atoms with Crippen LogP contribution in [0.2, 0.25) is 0 Å². The van der Waals surface area contributed by atoms with Crippen molar-refractivity contribution in [1.82, 2.24) is 30.6 Å². The number of hydrogen-bond acceptors (Lipinski definition) is 9. The first kappa shape index (κ1) is 43.2. The third-order valence-electron chi connectivity index (χ3n) is 12.2. The Labute approximate surface area is 392 Å². The van der Waals surface area contributed by atoms with E-state index in [1.807, 2.05) is 134 Å². The maximum atomic E-state index is 13.9. The Morgan fingerprint density at radius 3 is 2.10 bits per heavy atom. The standard InChI is InChI=1S/C57H46N6O5/c1-35(43-22-25-58-50-21-18-37(29-48(43)50)33-61-56(64)38-10-8-11-42(31-38)67-54-23-26-59-49-15-6-5-13-46(49)54)28-40-30-39(45-12-4-7-16-51(45)63-40)34-62-57(65)44-14-9-17-53(36(44)2)68-55-24-27-60-52-32-41(66-3)19-20-47(52)55/h4-27,29-32,35H,28,33-34H2,1-3H3,(H,61,64)(H,62,65). The number of ether oxygens (including phenoxy) is 3. The molecule has 2 amide bonds. The molecule has 10 aromatic rings. The third-order valence-corrected chi connectivity index (χ3v) is 12.2. The van der Waals surface area contributed by atoms with Gasteiger partial charge in [-0.1, -0.05) is 55.5 Å². The van der Waals surface area contributed by atoms with E-state index in [1.54, 1.807) is 31.6 Å².